The van der Waals surface area contributed by atoms with Gasteiger partial charge in [0, 0.05) is 31.7 Å². The summed E-state index contributed by atoms with van der Waals surface area (Å²) in [5.41, 5.74) is 10.8. The highest BCUT2D eigenvalue weighted by molar-refractivity contribution is 7.99. The maximum atomic E-state index is 5.30. The first kappa shape index (κ1) is 32.6. The van der Waals surface area contributed by atoms with Crippen molar-refractivity contribution in [3.8, 4) is 28.7 Å². The molecule has 1 aliphatic heterocycles. The van der Waals surface area contributed by atoms with Gasteiger partial charge in [-0.15, -0.1) is 0 Å². The molecule has 1 aliphatic carbocycles. The first-order valence-electron chi connectivity index (χ1n) is 18.9. The van der Waals surface area contributed by atoms with E-state index in [0.717, 1.165) is 27.5 Å². The van der Waals surface area contributed by atoms with E-state index in [1.165, 1.54) is 59.3 Å². The molecule has 0 radical (unpaired) electrons. The molecule has 4 nitrogen and oxygen atoms in total. The van der Waals surface area contributed by atoms with Crippen LogP contribution in [0.5, 0.6) is 0 Å². The van der Waals surface area contributed by atoms with E-state index in [1.807, 2.05) is 54.2 Å². The summed E-state index contributed by atoms with van der Waals surface area (Å²) in [7, 11) is 0. The van der Waals surface area contributed by atoms with Crippen LogP contribution in [-0.2, 0) is 5.41 Å². The minimum atomic E-state index is -0.579. The Kier molecular flexibility index (Phi) is 7.35. The maximum Gasteiger partial charge on any atom is 0.238 e. The van der Waals surface area contributed by atoms with Crippen molar-refractivity contribution in [2.45, 2.75) is 22.1 Å². The molecule has 0 atom stereocenters. The average molecular weight is 735 g/mol. The third-order valence-corrected chi connectivity index (χ3v) is 12.6. The molecule has 3 heterocycles. The van der Waals surface area contributed by atoms with E-state index >= 15 is 0 Å². The number of hydrogen-bond acceptors (Lipinski definition) is 4. The molecular weight excluding hydrogens is 701 g/mol. The maximum absolute atomic E-state index is 5.30. The molecule has 2 aliphatic rings. The fourth-order valence-electron chi connectivity index (χ4n) is 9.19. The predicted molar refractivity (Wildman–Crippen MR) is 231 cm³/mol. The van der Waals surface area contributed by atoms with Crippen molar-refractivity contribution in [3.63, 3.8) is 0 Å². The summed E-state index contributed by atoms with van der Waals surface area (Å²) in [4.78, 5) is 18.2. The van der Waals surface area contributed by atoms with Gasteiger partial charge < -0.3 is 0 Å². The van der Waals surface area contributed by atoms with Gasteiger partial charge >= 0.3 is 0 Å². The molecule has 11 rings (SSSR count). The number of benzene rings is 7. The highest BCUT2D eigenvalue weighted by Crippen LogP contribution is 2.63. The summed E-state index contributed by atoms with van der Waals surface area (Å²) in [5.74, 6) is 1.83. The fourth-order valence-corrected chi connectivity index (χ4v) is 10.4. The van der Waals surface area contributed by atoms with Crippen molar-refractivity contribution in [1.82, 2.24) is 19.5 Å². The topological polar surface area (TPSA) is 43.6 Å². The first-order valence-corrected chi connectivity index (χ1v) is 19.8. The van der Waals surface area contributed by atoms with E-state index in [1.54, 1.807) is 0 Å². The summed E-state index contributed by atoms with van der Waals surface area (Å²) < 4.78 is 2.27. The summed E-state index contributed by atoms with van der Waals surface area (Å²) in [6, 6.07) is 56.2. The lowest BCUT2D eigenvalue weighted by molar-refractivity contribution is 0.723. The molecule has 0 unspecified atom stereocenters. The SMILES string of the molecule is C=CC=C1/C(=C\C)c2cc3c4c5ccccc5ccc4n(-c4nc(-c5ccccc5)nc(-c5ccccc5)n4)c3cc2C12c1ccccc1Sc1ccccc12. The van der Waals surface area contributed by atoms with Gasteiger partial charge in [0.05, 0.1) is 16.4 Å². The third-order valence-electron chi connectivity index (χ3n) is 11.4. The largest absolute Gasteiger partial charge is 0.278 e. The molecule has 5 heteroatoms. The van der Waals surface area contributed by atoms with Crippen molar-refractivity contribution in [3.05, 3.63) is 210 Å². The van der Waals surface area contributed by atoms with Gasteiger partial charge in [-0.25, -0.2) is 4.98 Å². The summed E-state index contributed by atoms with van der Waals surface area (Å²) in [6.45, 7) is 6.41. The second-order valence-corrected chi connectivity index (χ2v) is 15.4. The van der Waals surface area contributed by atoms with Crippen molar-refractivity contribution >= 4 is 49.9 Å². The zero-order valence-electron chi connectivity index (χ0n) is 30.6. The van der Waals surface area contributed by atoms with E-state index < -0.39 is 5.41 Å². The van der Waals surface area contributed by atoms with Gasteiger partial charge in [0.25, 0.3) is 0 Å². The Morgan fingerprint density at radius 2 is 1.20 bits per heavy atom. The highest BCUT2D eigenvalue weighted by Gasteiger charge is 2.52. The lowest BCUT2D eigenvalue weighted by Gasteiger charge is -2.40. The van der Waals surface area contributed by atoms with Crippen LogP contribution in [-0.4, -0.2) is 19.5 Å². The molecule has 0 N–H and O–H groups in total. The average Bonchev–Trinajstić information content (AvgIpc) is 3.73. The van der Waals surface area contributed by atoms with Crippen LogP contribution in [0.25, 0.3) is 66.9 Å². The van der Waals surface area contributed by atoms with Crippen LogP contribution in [0.3, 0.4) is 0 Å². The molecule has 56 heavy (non-hydrogen) atoms. The van der Waals surface area contributed by atoms with Gasteiger partial charge in [-0.2, -0.15) is 9.97 Å². The lowest BCUT2D eigenvalue weighted by atomic mass is 9.67. The van der Waals surface area contributed by atoms with E-state index in [-0.39, 0.29) is 0 Å². The molecule has 7 aromatic carbocycles. The van der Waals surface area contributed by atoms with Crippen LogP contribution in [0, 0.1) is 0 Å². The smallest absolute Gasteiger partial charge is 0.238 e. The standard InChI is InChI=1S/C51H34N4S/c1-3-17-39-35(4-2)37-30-38-44(31-42(37)51(39)40-24-13-15-26-45(40)56-46-27-16-14-25-41(46)51)55(43-29-28-32-18-11-12-23-36(32)47(38)43)50-53-48(33-19-7-5-8-20-33)52-49(54-50)34-21-9-6-10-22-34/h3-31H,1H2,2H3/b35-4-,39-17?. The van der Waals surface area contributed by atoms with Gasteiger partial charge in [-0.05, 0) is 81.4 Å². The fraction of sp³-hybridized carbons (Fsp3) is 0.0392. The van der Waals surface area contributed by atoms with Crippen molar-refractivity contribution in [1.29, 1.82) is 0 Å². The first-order chi connectivity index (χ1) is 27.7. The molecule has 264 valence electrons. The summed E-state index contributed by atoms with van der Waals surface area (Å²) in [6.07, 6.45) is 6.46. The van der Waals surface area contributed by atoms with Crippen LogP contribution < -0.4 is 0 Å². The van der Waals surface area contributed by atoms with Crippen LogP contribution in [0.15, 0.2) is 198 Å². The van der Waals surface area contributed by atoms with E-state index in [2.05, 4.69) is 152 Å². The second-order valence-electron chi connectivity index (χ2n) is 14.3. The van der Waals surface area contributed by atoms with Gasteiger partial charge in [0.1, 0.15) is 0 Å². The predicted octanol–water partition coefficient (Wildman–Crippen LogP) is 12.8. The Morgan fingerprint density at radius 1 is 0.589 bits per heavy atom. The summed E-state index contributed by atoms with van der Waals surface area (Å²) >= 11 is 1.85. The molecule has 0 saturated heterocycles. The van der Waals surface area contributed by atoms with Crippen molar-refractivity contribution in [2.75, 3.05) is 0 Å². The number of fused-ring (bicyclic) bond motifs is 11. The van der Waals surface area contributed by atoms with Crippen LogP contribution in [0.4, 0.5) is 0 Å². The van der Waals surface area contributed by atoms with E-state index in [0.29, 0.717) is 17.6 Å². The van der Waals surface area contributed by atoms with Gasteiger partial charge in [-0.1, -0.05) is 164 Å². The number of aromatic nitrogens is 4. The zero-order chi connectivity index (χ0) is 37.4. The van der Waals surface area contributed by atoms with E-state index in [9.17, 15) is 0 Å². The third kappa shape index (κ3) is 4.58. The minimum absolute atomic E-state index is 0.577. The lowest BCUT2D eigenvalue weighted by Crippen LogP contribution is -2.32. The molecular formula is C51H34N4S. The second kappa shape index (κ2) is 12.6. The molecule has 0 amide bonds. The zero-order valence-corrected chi connectivity index (χ0v) is 31.5. The Bertz CT molecular complexity index is 3030. The Morgan fingerprint density at radius 3 is 1.84 bits per heavy atom. The molecule has 1 spiro atoms. The van der Waals surface area contributed by atoms with Crippen molar-refractivity contribution in [2.24, 2.45) is 0 Å². The molecule has 0 saturated carbocycles. The quantitative estimate of drug-likeness (QED) is 0.181. The molecule has 0 bridgehead atoms. The normalized spacial score (nSPS) is 15.4. The number of nitrogens with zero attached hydrogens (tertiary/aromatic N) is 4. The Hall–Kier alpha value is -6.82. The Balaban J connectivity index is 1.32. The number of rotatable bonds is 4. The number of hydrogen-bond donors (Lipinski definition) is 0. The monoisotopic (exact) mass is 734 g/mol. The van der Waals surface area contributed by atoms with Crippen molar-refractivity contribution < 1.29 is 0 Å². The van der Waals surface area contributed by atoms with Crippen LogP contribution in [0.2, 0.25) is 0 Å². The van der Waals surface area contributed by atoms with Crippen LogP contribution >= 0.6 is 11.8 Å². The van der Waals surface area contributed by atoms with Gasteiger partial charge in [0.15, 0.2) is 11.6 Å². The molecule has 0 fully saturated rings. The molecule has 2 aromatic heterocycles. The minimum Gasteiger partial charge on any atom is -0.278 e. The van der Waals surface area contributed by atoms with Gasteiger partial charge in [-0.3, -0.25) is 4.57 Å². The van der Waals surface area contributed by atoms with E-state index in [4.69, 9.17) is 15.0 Å². The number of allylic oxidation sites excluding steroid dienone is 5. The van der Waals surface area contributed by atoms with Gasteiger partial charge in [0.2, 0.25) is 5.95 Å². The van der Waals surface area contributed by atoms with Crippen LogP contribution in [0.1, 0.15) is 29.2 Å². The Labute approximate surface area is 329 Å². The summed E-state index contributed by atoms with van der Waals surface area (Å²) in [5, 5.41) is 4.71. The highest BCUT2D eigenvalue weighted by atomic mass is 32.2. The molecule has 9 aromatic rings.